The van der Waals surface area contributed by atoms with Crippen molar-refractivity contribution in [3.05, 3.63) is 0 Å². The van der Waals surface area contributed by atoms with E-state index in [2.05, 4.69) is 20.9 Å². The number of carbonyl (C=O) groups is 5. The van der Waals surface area contributed by atoms with Crippen molar-refractivity contribution in [3.63, 3.8) is 0 Å². The number of carboxylic acid groups (broad SMARTS) is 1. The molecule has 4 unspecified atom stereocenters. The van der Waals surface area contributed by atoms with Gasteiger partial charge >= 0.3 is 5.97 Å². The van der Waals surface area contributed by atoms with Gasteiger partial charge in [0.15, 0.2) is 5.96 Å². The van der Waals surface area contributed by atoms with Crippen molar-refractivity contribution in [2.75, 3.05) is 13.1 Å². The van der Waals surface area contributed by atoms with Gasteiger partial charge in [-0.1, -0.05) is 0 Å². The van der Waals surface area contributed by atoms with E-state index in [1.807, 2.05) is 0 Å². The monoisotopic (exact) mass is 460 g/mol. The molecule has 13 N–H and O–H groups in total. The van der Waals surface area contributed by atoms with Gasteiger partial charge in [-0.05, 0) is 26.2 Å². The largest absolute Gasteiger partial charge is 0.480 e. The molecule has 0 aliphatic rings. The van der Waals surface area contributed by atoms with Gasteiger partial charge in [-0.3, -0.25) is 24.2 Å². The van der Waals surface area contributed by atoms with Crippen molar-refractivity contribution < 1.29 is 34.2 Å². The minimum atomic E-state index is -1.43. The fraction of sp³-hybridized carbons (Fsp3) is 0.647. The minimum Gasteiger partial charge on any atom is -0.480 e. The highest BCUT2D eigenvalue weighted by Gasteiger charge is 2.31. The van der Waals surface area contributed by atoms with E-state index in [1.54, 1.807) is 0 Å². The van der Waals surface area contributed by atoms with Crippen molar-refractivity contribution in [2.45, 2.75) is 56.8 Å². The zero-order valence-corrected chi connectivity index (χ0v) is 17.7. The Morgan fingerprint density at radius 3 is 2.00 bits per heavy atom. The van der Waals surface area contributed by atoms with Gasteiger partial charge in [-0.15, -0.1) is 0 Å². The molecule has 4 amide bonds. The van der Waals surface area contributed by atoms with E-state index in [1.165, 1.54) is 6.92 Å². The summed E-state index contributed by atoms with van der Waals surface area (Å²) in [5.74, 6) is -4.80. The lowest BCUT2D eigenvalue weighted by molar-refractivity contribution is -0.142. The summed E-state index contributed by atoms with van der Waals surface area (Å²) in [5.41, 5.74) is 20.7. The van der Waals surface area contributed by atoms with E-state index in [4.69, 9.17) is 22.9 Å². The lowest BCUT2D eigenvalue weighted by Gasteiger charge is -2.25. The second-order valence-corrected chi connectivity index (χ2v) is 6.90. The number of nitrogens with two attached hydrogens (primary N) is 4. The summed E-state index contributed by atoms with van der Waals surface area (Å²) in [6.45, 7) is 0.938. The summed E-state index contributed by atoms with van der Waals surface area (Å²) in [4.78, 5) is 62.9. The van der Waals surface area contributed by atoms with Crippen LogP contribution in [0.2, 0.25) is 0 Å². The van der Waals surface area contributed by atoms with Crippen LogP contribution in [0.15, 0.2) is 4.99 Å². The Morgan fingerprint density at radius 1 is 0.938 bits per heavy atom. The van der Waals surface area contributed by atoms with Crippen LogP contribution < -0.4 is 38.9 Å². The van der Waals surface area contributed by atoms with Crippen LogP contribution in [0.25, 0.3) is 0 Å². The number of nitrogens with one attached hydrogen (secondary N) is 3. The van der Waals surface area contributed by atoms with Gasteiger partial charge in [0.1, 0.15) is 18.1 Å². The number of primary amides is 1. The molecule has 15 heteroatoms. The SMILES string of the molecule is CC(O)C(NC(=O)CN)C(=O)NC(CCCN=C(N)N)C(=O)NC(CCC(N)=O)C(=O)O. The average Bonchev–Trinajstić information content (AvgIpc) is 2.69. The van der Waals surface area contributed by atoms with E-state index >= 15 is 0 Å². The Morgan fingerprint density at radius 2 is 1.53 bits per heavy atom. The quantitative estimate of drug-likeness (QED) is 0.0638. The highest BCUT2D eigenvalue weighted by atomic mass is 16.4. The number of hydrogen-bond donors (Lipinski definition) is 9. The van der Waals surface area contributed by atoms with Crippen LogP contribution in [-0.2, 0) is 24.0 Å². The van der Waals surface area contributed by atoms with Crippen LogP contribution in [0.4, 0.5) is 0 Å². The molecule has 0 aliphatic heterocycles. The summed E-state index contributed by atoms with van der Waals surface area (Å²) in [6, 6.07) is -4.11. The summed E-state index contributed by atoms with van der Waals surface area (Å²) in [7, 11) is 0. The lowest BCUT2D eigenvalue weighted by Crippen LogP contribution is -2.58. The maximum Gasteiger partial charge on any atom is 0.326 e. The summed E-state index contributed by atoms with van der Waals surface area (Å²) in [6.07, 6.45) is -1.64. The van der Waals surface area contributed by atoms with Crippen molar-refractivity contribution in [1.29, 1.82) is 0 Å². The van der Waals surface area contributed by atoms with Gasteiger partial charge in [0.25, 0.3) is 0 Å². The third-order valence-electron chi connectivity index (χ3n) is 4.14. The first-order valence-electron chi connectivity index (χ1n) is 9.73. The molecule has 0 aromatic heterocycles. The van der Waals surface area contributed by atoms with Crippen LogP contribution >= 0.6 is 0 Å². The molecule has 32 heavy (non-hydrogen) atoms. The molecule has 0 aliphatic carbocycles. The van der Waals surface area contributed by atoms with E-state index in [-0.39, 0.29) is 38.2 Å². The fourth-order valence-electron chi connectivity index (χ4n) is 2.49. The Kier molecular flexibility index (Phi) is 13.0. The molecule has 4 atom stereocenters. The molecular weight excluding hydrogens is 428 g/mol. The summed E-state index contributed by atoms with van der Waals surface area (Å²) in [5, 5.41) is 25.9. The Labute approximate surface area is 184 Å². The first-order valence-corrected chi connectivity index (χ1v) is 9.73. The third kappa shape index (κ3) is 11.7. The maximum absolute atomic E-state index is 12.7. The molecule has 0 rings (SSSR count). The molecule has 0 saturated heterocycles. The number of rotatable bonds is 15. The van der Waals surface area contributed by atoms with Crippen molar-refractivity contribution in [3.8, 4) is 0 Å². The van der Waals surface area contributed by atoms with E-state index < -0.39 is 60.4 Å². The molecule has 182 valence electrons. The second-order valence-electron chi connectivity index (χ2n) is 6.90. The van der Waals surface area contributed by atoms with Crippen LogP contribution in [0.5, 0.6) is 0 Å². The molecule has 0 heterocycles. The fourth-order valence-corrected chi connectivity index (χ4v) is 2.49. The zero-order chi connectivity index (χ0) is 24.8. The van der Waals surface area contributed by atoms with E-state index in [0.29, 0.717) is 0 Å². The minimum absolute atomic E-state index is 0.00607. The first kappa shape index (κ1) is 28.5. The van der Waals surface area contributed by atoms with E-state index in [9.17, 15) is 34.2 Å². The summed E-state index contributed by atoms with van der Waals surface area (Å²) >= 11 is 0. The first-order chi connectivity index (χ1) is 14.9. The van der Waals surface area contributed by atoms with Crippen LogP contribution in [0, 0.1) is 0 Å². The standard InChI is InChI=1S/C17H32N8O7/c1-8(26)13(25-12(28)7-18)15(30)23-9(3-2-6-22-17(20)21)14(29)24-10(16(31)32)4-5-11(19)27/h8-10,13,26H,2-7,18H2,1H3,(H2,19,27)(H,23,30)(H,24,29)(H,25,28)(H,31,32)(H4,20,21,22). The van der Waals surface area contributed by atoms with Crippen LogP contribution in [0.1, 0.15) is 32.6 Å². The Hall–Kier alpha value is -3.46. The van der Waals surface area contributed by atoms with Gasteiger partial charge in [-0.25, -0.2) is 4.79 Å². The third-order valence-corrected chi connectivity index (χ3v) is 4.14. The molecule has 0 saturated carbocycles. The number of aliphatic imine (C=N–C) groups is 1. The molecule has 0 fully saturated rings. The van der Waals surface area contributed by atoms with Crippen molar-refractivity contribution in [1.82, 2.24) is 16.0 Å². The number of nitrogens with zero attached hydrogens (tertiary/aromatic N) is 1. The lowest BCUT2D eigenvalue weighted by atomic mass is 10.1. The molecule has 0 bridgehead atoms. The zero-order valence-electron chi connectivity index (χ0n) is 17.7. The molecular formula is C17H32N8O7. The molecule has 0 radical (unpaired) electrons. The van der Waals surface area contributed by atoms with Gasteiger partial charge < -0.3 is 49.1 Å². The maximum atomic E-state index is 12.7. The van der Waals surface area contributed by atoms with Crippen molar-refractivity contribution in [2.24, 2.45) is 27.9 Å². The number of amides is 4. The molecule has 15 nitrogen and oxygen atoms in total. The number of aliphatic carboxylic acids is 1. The van der Waals surface area contributed by atoms with Gasteiger partial charge in [0.05, 0.1) is 12.6 Å². The predicted molar refractivity (Wildman–Crippen MR) is 113 cm³/mol. The number of hydrogen-bond acceptors (Lipinski definition) is 8. The topological polar surface area (TPSA) is 278 Å². The summed E-state index contributed by atoms with van der Waals surface area (Å²) < 4.78 is 0. The Bertz CT molecular complexity index is 709. The number of aliphatic hydroxyl groups excluding tert-OH is 1. The molecule has 0 spiro atoms. The average molecular weight is 460 g/mol. The van der Waals surface area contributed by atoms with Crippen LogP contribution in [0.3, 0.4) is 0 Å². The van der Waals surface area contributed by atoms with Gasteiger partial charge in [0, 0.05) is 13.0 Å². The number of guanidine groups is 1. The smallest absolute Gasteiger partial charge is 0.326 e. The van der Waals surface area contributed by atoms with Gasteiger partial charge in [0.2, 0.25) is 23.6 Å². The Balaban J connectivity index is 5.45. The number of carbonyl (C=O) groups excluding carboxylic acids is 4. The van der Waals surface area contributed by atoms with Crippen molar-refractivity contribution >= 4 is 35.6 Å². The molecule has 0 aromatic rings. The second kappa shape index (κ2) is 14.5. The highest BCUT2D eigenvalue weighted by molar-refractivity contribution is 5.94. The van der Waals surface area contributed by atoms with Gasteiger partial charge in [-0.2, -0.15) is 0 Å². The number of aliphatic hydroxyl groups is 1. The normalized spacial score (nSPS) is 14.2. The highest BCUT2D eigenvalue weighted by Crippen LogP contribution is 2.04. The van der Waals surface area contributed by atoms with E-state index in [0.717, 1.165) is 0 Å². The van der Waals surface area contributed by atoms with Crippen LogP contribution in [-0.4, -0.2) is 83.1 Å². The number of carboxylic acids is 1. The predicted octanol–water partition coefficient (Wildman–Crippen LogP) is -4.82. The molecule has 0 aromatic carbocycles.